The molecule has 0 unspecified atom stereocenters. The summed E-state index contributed by atoms with van der Waals surface area (Å²) in [5, 5.41) is 4.19. The molecule has 1 aromatic carbocycles. The summed E-state index contributed by atoms with van der Waals surface area (Å²) in [6, 6.07) is 15.3. The summed E-state index contributed by atoms with van der Waals surface area (Å²) in [6.45, 7) is 2.02. The molecule has 0 bridgehead atoms. The van der Waals surface area contributed by atoms with Gasteiger partial charge in [0.15, 0.2) is 0 Å². The third-order valence-corrected chi connectivity index (χ3v) is 2.87. The lowest BCUT2D eigenvalue weighted by Gasteiger charge is -2.05. The zero-order chi connectivity index (χ0) is 14.2. The molecular formula is C16H17N3O. The maximum absolute atomic E-state index is 11.8. The van der Waals surface area contributed by atoms with Crippen LogP contribution in [0.2, 0.25) is 0 Å². The lowest BCUT2D eigenvalue weighted by Crippen LogP contribution is -2.21. The van der Waals surface area contributed by atoms with Crippen LogP contribution in [0.25, 0.3) is 0 Å². The predicted molar refractivity (Wildman–Crippen MR) is 79.6 cm³/mol. The van der Waals surface area contributed by atoms with Gasteiger partial charge in [-0.3, -0.25) is 9.78 Å². The highest BCUT2D eigenvalue weighted by atomic mass is 16.2. The molecule has 4 heteroatoms. The molecule has 2 rings (SSSR count). The zero-order valence-electron chi connectivity index (χ0n) is 11.4. The summed E-state index contributed by atoms with van der Waals surface area (Å²) in [4.78, 5) is 15.8. The fraction of sp³-hybridized carbons (Fsp3) is 0.188. The predicted octanol–water partition coefficient (Wildman–Crippen LogP) is 2.82. The van der Waals surface area contributed by atoms with E-state index in [-0.39, 0.29) is 5.91 Å². The van der Waals surface area contributed by atoms with Gasteiger partial charge in [-0.15, -0.1) is 0 Å². The number of hydrogen-bond donors (Lipinski definition) is 1. The normalized spacial score (nSPS) is 11.2. The first-order valence-electron chi connectivity index (χ1n) is 6.60. The standard InChI is InChI=1S/C16H17N3O/c1-2-14(12-13-8-4-3-5-9-13)18-19-16(20)15-10-6-7-11-17-15/h3-11H,2,12H2,1H3,(H,19,20)/b18-14-. The summed E-state index contributed by atoms with van der Waals surface area (Å²) < 4.78 is 0. The quantitative estimate of drug-likeness (QED) is 0.669. The van der Waals surface area contributed by atoms with Gasteiger partial charge in [-0.1, -0.05) is 43.3 Å². The van der Waals surface area contributed by atoms with Crippen LogP contribution in [0.3, 0.4) is 0 Å². The van der Waals surface area contributed by atoms with Crippen molar-refractivity contribution in [3.05, 3.63) is 66.0 Å². The Morgan fingerprint density at radius 3 is 2.55 bits per heavy atom. The van der Waals surface area contributed by atoms with E-state index in [9.17, 15) is 4.79 Å². The van der Waals surface area contributed by atoms with Crippen molar-refractivity contribution in [3.63, 3.8) is 0 Å². The fourth-order valence-electron chi connectivity index (χ4n) is 1.76. The van der Waals surface area contributed by atoms with E-state index in [2.05, 4.69) is 15.5 Å². The number of carbonyl (C=O) groups is 1. The van der Waals surface area contributed by atoms with Gasteiger partial charge >= 0.3 is 0 Å². The highest BCUT2D eigenvalue weighted by Gasteiger charge is 2.05. The Bertz CT molecular complexity index is 579. The number of aromatic nitrogens is 1. The summed E-state index contributed by atoms with van der Waals surface area (Å²) in [5.74, 6) is -0.287. The van der Waals surface area contributed by atoms with Gasteiger partial charge in [0, 0.05) is 18.3 Å². The number of hydrogen-bond acceptors (Lipinski definition) is 3. The first-order valence-corrected chi connectivity index (χ1v) is 6.60. The number of pyridine rings is 1. The van der Waals surface area contributed by atoms with Crippen molar-refractivity contribution < 1.29 is 4.79 Å². The second-order valence-corrected chi connectivity index (χ2v) is 4.35. The Kier molecular flexibility index (Phi) is 5.00. The molecule has 0 saturated heterocycles. The molecule has 0 saturated carbocycles. The summed E-state index contributed by atoms with van der Waals surface area (Å²) in [7, 11) is 0. The molecule has 0 fully saturated rings. The molecule has 2 aromatic rings. The number of benzene rings is 1. The van der Waals surface area contributed by atoms with E-state index in [1.54, 1.807) is 24.4 Å². The van der Waals surface area contributed by atoms with Crippen molar-refractivity contribution in [3.8, 4) is 0 Å². The molecule has 1 aromatic heterocycles. The Labute approximate surface area is 118 Å². The molecule has 1 heterocycles. The molecule has 0 aliphatic carbocycles. The molecular weight excluding hydrogens is 250 g/mol. The van der Waals surface area contributed by atoms with Crippen molar-refractivity contribution in [2.75, 3.05) is 0 Å². The third-order valence-electron chi connectivity index (χ3n) is 2.87. The van der Waals surface area contributed by atoms with E-state index in [0.717, 1.165) is 18.6 Å². The van der Waals surface area contributed by atoms with Crippen molar-refractivity contribution in [1.29, 1.82) is 0 Å². The lowest BCUT2D eigenvalue weighted by molar-refractivity contribution is 0.0949. The van der Waals surface area contributed by atoms with Crippen LogP contribution in [0.5, 0.6) is 0 Å². The van der Waals surface area contributed by atoms with E-state index in [1.807, 2.05) is 37.3 Å². The van der Waals surface area contributed by atoms with Gasteiger partial charge < -0.3 is 0 Å². The monoisotopic (exact) mass is 267 g/mol. The Hall–Kier alpha value is -2.49. The van der Waals surface area contributed by atoms with Crippen molar-refractivity contribution >= 4 is 11.6 Å². The molecule has 0 aliphatic rings. The van der Waals surface area contributed by atoms with Gasteiger partial charge in [0.1, 0.15) is 5.69 Å². The second kappa shape index (κ2) is 7.19. The van der Waals surface area contributed by atoms with Gasteiger partial charge in [0.2, 0.25) is 0 Å². The summed E-state index contributed by atoms with van der Waals surface area (Å²) in [6.07, 6.45) is 3.11. The number of amides is 1. The smallest absolute Gasteiger partial charge is 0.266 e. The van der Waals surface area contributed by atoms with Crippen molar-refractivity contribution in [2.24, 2.45) is 5.10 Å². The Morgan fingerprint density at radius 2 is 1.90 bits per heavy atom. The van der Waals surface area contributed by atoms with Crippen LogP contribution in [0.4, 0.5) is 0 Å². The average molecular weight is 267 g/mol. The summed E-state index contributed by atoms with van der Waals surface area (Å²) >= 11 is 0. The van der Waals surface area contributed by atoms with E-state index < -0.39 is 0 Å². The molecule has 0 aliphatic heterocycles. The molecule has 1 N–H and O–H groups in total. The number of nitrogens with zero attached hydrogens (tertiary/aromatic N) is 2. The Morgan fingerprint density at radius 1 is 1.15 bits per heavy atom. The minimum atomic E-state index is -0.287. The van der Waals surface area contributed by atoms with Crippen molar-refractivity contribution in [1.82, 2.24) is 10.4 Å². The minimum absolute atomic E-state index is 0.287. The third kappa shape index (κ3) is 4.02. The molecule has 0 spiro atoms. The van der Waals surface area contributed by atoms with Crippen LogP contribution in [-0.4, -0.2) is 16.6 Å². The fourth-order valence-corrected chi connectivity index (χ4v) is 1.76. The number of carbonyl (C=O) groups excluding carboxylic acids is 1. The molecule has 4 nitrogen and oxygen atoms in total. The number of rotatable bonds is 5. The summed E-state index contributed by atoms with van der Waals surface area (Å²) in [5.41, 5.74) is 5.04. The number of hydrazone groups is 1. The second-order valence-electron chi connectivity index (χ2n) is 4.35. The largest absolute Gasteiger partial charge is 0.289 e. The molecule has 0 atom stereocenters. The van der Waals surface area contributed by atoms with E-state index in [4.69, 9.17) is 0 Å². The van der Waals surface area contributed by atoms with Crippen molar-refractivity contribution in [2.45, 2.75) is 19.8 Å². The average Bonchev–Trinajstić information content (AvgIpc) is 2.53. The first-order chi connectivity index (χ1) is 9.79. The minimum Gasteiger partial charge on any atom is -0.266 e. The van der Waals surface area contributed by atoms with Crippen LogP contribution >= 0.6 is 0 Å². The lowest BCUT2D eigenvalue weighted by atomic mass is 10.1. The Balaban J connectivity index is 1.99. The van der Waals surface area contributed by atoms with Crippen LogP contribution in [0.15, 0.2) is 59.8 Å². The van der Waals surface area contributed by atoms with Gasteiger partial charge in [0.25, 0.3) is 5.91 Å². The molecule has 0 radical (unpaired) electrons. The van der Waals surface area contributed by atoms with Crippen LogP contribution in [-0.2, 0) is 6.42 Å². The SMILES string of the molecule is CC/C(Cc1ccccc1)=N/NC(=O)c1ccccn1. The van der Waals surface area contributed by atoms with Gasteiger partial charge in [-0.05, 0) is 24.1 Å². The zero-order valence-corrected chi connectivity index (χ0v) is 11.4. The van der Waals surface area contributed by atoms with Gasteiger partial charge in [-0.25, -0.2) is 5.43 Å². The number of nitrogens with one attached hydrogen (secondary N) is 1. The first kappa shape index (κ1) is 13.9. The molecule has 102 valence electrons. The maximum atomic E-state index is 11.8. The molecule has 1 amide bonds. The van der Waals surface area contributed by atoms with E-state index in [0.29, 0.717) is 5.69 Å². The van der Waals surface area contributed by atoms with Gasteiger partial charge in [-0.2, -0.15) is 5.10 Å². The van der Waals surface area contributed by atoms with Crippen LogP contribution < -0.4 is 5.43 Å². The van der Waals surface area contributed by atoms with Crippen LogP contribution in [0, 0.1) is 0 Å². The highest BCUT2D eigenvalue weighted by Crippen LogP contribution is 2.03. The molecule has 20 heavy (non-hydrogen) atoms. The van der Waals surface area contributed by atoms with E-state index >= 15 is 0 Å². The maximum Gasteiger partial charge on any atom is 0.289 e. The van der Waals surface area contributed by atoms with Gasteiger partial charge in [0.05, 0.1) is 0 Å². The van der Waals surface area contributed by atoms with E-state index in [1.165, 1.54) is 5.56 Å². The van der Waals surface area contributed by atoms with Crippen LogP contribution in [0.1, 0.15) is 29.4 Å². The topological polar surface area (TPSA) is 54.4 Å². The highest BCUT2D eigenvalue weighted by molar-refractivity contribution is 5.94.